The van der Waals surface area contributed by atoms with Crippen molar-refractivity contribution in [3.05, 3.63) is 24.2 Å². The zero-order valence-corrected chi connectivity index (χ0v) is 18.9. The van der Waals surface area contributed by atoms with E-state index in [1.807, 2.05) is 32.9 Å². The van der Waals surface area contributed by atoms with Gasteiger partial charge in [-0.1, -0.05) is 20.3 Å². The van der Waals surface area contributed by atoms with Crippen LogP contribution >= 0.6 is 0 Å². The smallest absolute Gasteiger partial charge is 0.215 e. The van der Waals surface area contributed by atoms with Crippen LogP contribution in [0.3, 0.4) is 0 Å². The van der Waals surface area contributed by atoms with E-state index in [1.165, 1.54) is 23.6 Å². The molecule has 1 aromatic rings. The van der Waals surface area contributed by atoms with E-state index in [-0.39, 0.29) is 11.8 Å². The van der Waals surface area contributed by atoms with Crippen LogP contribution in [0.25, 0.3) is 0 Å². The Morgan fingerprint density at radius 1 is 1.21 bits per heavy atom. The molecule has 0 bridgehead atoms. The first-order valence-corrected chi connectivity index (χ1v) is 12.4. The molecule has 0 radical (unpaired) electrons. The van der Waals surface area contributed by atoms with E-state index in [1.54, 1.807) is 6.26 Å². The van der Waals surface area contributed by atoms with E-state index in [4.69, 9.17) is 9.41 Å². The number of rotatable bonds is 11. The van der Waals surface area contributed by atoms with Gasteiger partial charge < -0.3 is 15.1 Å². The predicted molar refractivity (Wildman–Crippen MR) is 118 cm³/mol. The van der Waals surface area contributed by atoms with Gasteiger partial charge in [0.15, 0.2) is 5.96 Å². The number of nitrogens with zero attached hydrogens (tertiary/aromatic N) is 3. The Morgan fingerprint density at radius 2 is 1.93 bits per heavy atom. The van der Waals surface area contributed by atoms with E-state index in [9.17, 15) is 8.42 Å². The summed E-state index contributed by atoms with van der Waals surface area (Å²) in [6.45, 7) is 10.4. The molecule has 0 saturated carbocycles. The van der Waals surface area contributed by atoms with Crippen molar-refractivity contribution in [3.63, 3.8) is 0 Å². The first kappa shape index (κ1) is 23.7. The summed E-state index contributed by atoms with van der Waals surface area (Å²) in [4.78, 5) is 7.16. The molecule has 0 amide bonds. The molecule has 2 N–H and O–H groups in total. The Bertz CT molecular complexity index is 696. The Labute approximate surface area is 175 Å². The molecule has 0 spiro atoms. The first-order valence-electron chi connectivity index (χ1n) is 10.8. The first-order chi connectivity index (χ1) is 14.0. The number of piperidine rings is 1. The fourth-order valence-electron chi connectivity index (χ4n) is 3.66. The molecule has 166 valence electrons. The predicted octanol–water partition coefficient (Wildman–Crippen LogP) is 2.03. The minimum absolute atomic E-state index is 0.0484. The maximum Gasteiger partial charge on any atom is 0.215 e. The standard InChI is InChI=1S/C20H37N5O3S/c1-4-21-20(22-12-16-29(26,27)25(5-2)6-3)23-17-18(19-11-10-15-28-19)24-13-8-7-9-14-24/h10-11,15,18H,4-9,12-14,16-17H2,1-3H3,(H2,21,22,23). The maximum absolute atomic E-state index is 12.4. The van der Waals surface area contributed by atoms with Crippen molar-refractivity contribution < 1.29 is 12.8 Å². The second-order valence-corrected chi connectivity index (χ2v) is 9.26. The molecule has 1 aromatic heterocycles. The van der Waals surface area contributed by atoms with Crippen molar-refractivity contribution in [2.24, 2.45) is 4.99 Å². The lowest BCUT2D eigenvalue weighted by atomic mass is 10.1. The van der Waals surface area contributed by atoms with Crippen molar-refractivity contribution in [1.82, 2.24) is 19.8 Å². The molecule has 1 atom stereocenters. The highest BCUT2D eigenvalue weighted by Gasteiger charge is 2.24. The Morgan fingerprint density at radius 3 is 2.52 bits per heavy atom. The molecular weight excluding hydrogens is 390 g/mol. The molecule has 8 nitrogen and oxygen atoms in total. The molecular formula is C20H37N5O3S. The van der Waals surface area contributed by atoms with Gasteiger partial charge in [-0.25, -0.2) is 12.7 Å². The van der Waals surface area contributed by atoms with Crippen LogP contribution in [0.1, 0.15) is 51.8 Å². The number of guanidine groups is 1. The lowest BCUT2D eigenvalue weighted by molar-refractivity contribution is 0.150. The molecule has 9 heteroatoms. The van der Waals surface area contributed by atoms with Gasteiger partial charge >= 0.3 is 0 Å². The van der Waals surface area contributed by atoms with Gasteiger partial charge in [0, 0.05) is 26.2 Å². The summed E-state index contributed by atoms with van der Waals surface area (Å²) in [5.41, 5.74) is 0. The molecule has 1 aliphatic rings. The van der Waals surface area contributed by atoms with Crippen LogP contribution in [0, 0.1) is 0 Å². The van der Waals surface area contributed by atoms with Crippen molar-refractivity contribution in [3.8, 4) is 0 Å². The van der Waals surface area contributed by atoms with E-state index in [0.717, 1.165) is 18.8 Å². The Balaban J connectivity index is 2.00. The van der Waals surface area contributed by atoms with E-state index < -0.39 is 10.0 Å². The second-order valence-electron chi connectivity index (χ2n) is 7.17. The van der Waals surface area contributed by atoms with Crippen molar-refractivity contribution >= 4 is 16.0 Å². The van der Waals surface area contributed by atoms with Gasteiger partial charge in [-0.3, -0.25) is 9.89 Å². The molecule has 1 unspecified atom stereocenters. The van der Waals surface area contributed by atoms with Gasteiger partial charge in [-0.05, 0) is 45.0 Å². The van der Waals surface area contributed by atoms with Gasteiger partial charge in [0.2, 0.25) is 10.0 Å². The third-order valence-electron chi connectivity index (χ3n) is 5.22. The molecule has 1 fully saturated rings. The van der Waals surface area contributed by atoms with E-state index in [0.29, 0.717) is 38.7 Å². The van der Waals surface area contributed by atoms with Crippen LogP contribution in [0.2, 0.25) is 0 Å². The highest BCUT2D eigenvalue weighted by atomic mass is 32.2. The van der Waals surface area contributed by atoms with Crippen molar-refractivity contribution in [2.75, 3.05) is 51.6 Å². The minimum Gasteiger partial charge on any atom is -0.468 e. The molecule has 1 saturated heterocycles. The van der Waals surface area contributed by atoms with Crippen LogP contribution in [0.15, 0.2) is 27.8 Å². The molecule has 2 rings (SSSR count). The normalized spacial score (nSPS) is 17.4. The number of aliphatic imine (C=N–C) groups is 1. The second kappa shape index (κ2) is 12.2. The topological polar surface area (TPSA) is 90.2 Å². The number of sulfonamides is 1. The van der Waals surface area contributed by atoms with Gasteiger partial charge in [0.05, 0.1) is 24.6 Å². The van der Waals surface area contributed by atoms with Gasteiger partial charge in [-0.2, -0.15) is 0 Å². The average molecular weight is 428 g/mol. The Hall–Kier alpha value is -1.58. The molecule has 2 heterocycles. The SMILES string of the molecule is CCNC(=NCC(c1ccco1)N1CCCCC1)NCCS(=O)(=O)N(CC)CC. The molecule has 1 aliphatic heterocycles. The lowest BCUT2D eigenvalue weighted by Crippen LogP contribution is -2.43. The van der Waals surface area contributed by atoms with E-state index >= 15 is 0 Å². The van der Waals surface area contributed by atoms with Gasteiger partial charge in [0.1, 0.15) is 5.76 Å². The summed E-state index contributed by atoms with van der Waals surface area (Å²) >= 11 is 0. The van der Waals surface area contributed by atoms with Gasteiger partial charge in [0.25, 0.3) is 0 Å². The largest absolute Gasteiger partial charge is 0.468 e. The highest BCUT2D eigenvalue weighted by Crippen LogP contribution is 2.25. The fraction of sp³-hybridized carbons (Fsp3) is 0.750. The van der Waals surface area contributed by atoms with Crippen LogP contribution in [-0.2, 0) is 10.0 Å². The van der Waals surface area contributed by atoms with E-state index in [2.05, 4.69) is 15.5 Å². The zero-order chi connectivity index (χ0) is 21.1. The summed E-state index contributed by atoms with van der Waals surface area (Å²) < 4.78 is 31.9. The maximum atomic E-state index is 12.4. The number of hydrogen-bond donors (Lipinski definition) is 2. The summed E-state index contributed by atoms with van der Waals surface area (Å²) in [7, 11) is -3.25. The van der Waals surface area contributed by atoms with Crippen molar-refractivity contribution in [2.45, 2.75) is 46.1 Å². The minimum atomic E-state index is -3.25. The van der Waals surface area contributed by atoms with Gasteiger partial charge in [-0.15, -0.1) is 0 Å². The summed E-state index contributed by atoms with van der Waals surface area (Å²) in [6.07, 6.45) is 5.37. The van der Waals surface area contributed by atoms with Crippen LogP contribution in [-0.4, -0.2) is 75.1 Å². The van der Waals surface area contributed by atoms with Crippen LogP contribution < -0.4 is 10.6 Å². The summed E-state index contributed by atoms with van der Waals surface area (Å²) in [5, 5.41) is 6.38. The summed E-state index contributed by atoms with van der Waals surface area (Å²) in [5.74, 6) is 1.61. The fourth-order valence-corrected chi connectivity index (χ4v) is 5.07. The third-order valence-corrected chi connectivity index (χ3v) is 7.24. The monoisotopic (exact) mass is 427 g/mol. The molecule has 0 aliphatic carbocycles. The molecule has 29 heavy (non-hydrogen) atoms. The Kier molecular flexibility index (Phi) is 9.96. The van der Waals surface area contributed by atoms with Crippen molar-refractivity contribution in [1.29, 1.82) is 0 Å². The lowest BCUT2D eigenvalue weighted by Gasteiger charge is -2.32. The number of furan rings is 1. The van der Waals surface area contributed by atoms with Crippen LogP contribution in [0.4, 0.5) is 0 Å². The third kappa shape index (κ3) is 7.31. The number of likely N-dealkylation sites (tertiary alicyclic amines) is 1. The quantitative estimate of drug-likeness (QED) is 0.415. The summed E-state index contributed by atoms with van der Waals surface area (Å²) in [6, 6.07) is 4.02. The number of nitrogens with one attached hydrogen (secondary N) is 2. The average Bonchev–Trinajstić information content (AvgIpc) is 3.24. The molecule has 0 aromatic carbocycles. The highest BCUT2D eigenvalue weighted by molar-refractivity contribution is 7.89. The zero-order valence-electron chi connectivity index (χ0n) is 18.1. The van der Waals surface area contributed by atoms with Crippen LogP contribution in [0.5, 0.6) is 0 Å². The number of hydrogen-bond acceptors (Lipinski definition) is 5.